The largest absolute Gasteiger partial charge is 0.452 e. The fourth-order valence-corrected chi connectivity index (χ4v) is 2.57. The fourth-order valence-electron chi connectivity index (χ4n) is 1.98. The summed E-state index contributed by atoms with van der Waals surface area (Å²) >= 11 is 3.37. The smallest absolute Gasteiger partial charge is 0.340 e. The molecular formula is C17H17BrN2O3. The van der Waals surface area contributed by atoms with Crippen LogP contribution in [0, 0.1) is 13.8 Å². The Labute approximate surface area is 143 Å². The lowest BCUT2D eigenvalue weighted by atomic mass is 10.1. The van der Waals surface area contributed by atoms with Gasteiger partial charge in [0.25, 0.3) is 5.91 Å². The van der Waals surface area contributed by atoms with E-state index in [1.165, 1.54) is 0 Å². The molecule has 0 saturated heterocycles. The number of ether oxygens (including phenoxy) is 1. The molecule has 2 aromatic rings. The third-order valence-electron chi connectivity index (χ3n) is 3.28. The number of esters is 1. The number of nitrogens with one attached hydrogen (secondary N) is 1. The van der Waals surface area contributed by atoms with Crippen LogP contribution >= 0.6 is 15.9 Å². The van der Waals surface area contributed by atoms with Crippen molar-refractivity contribution in [2.75, 3.05) is 17.7 Å². The maximum Gasteiger partial charge on any atom is 0.340 e. The summed E-state index contributed by atoms with van der Waals surface area (Å²) in [5, 5.41) is 2.68. The number of para-hydroxylation sites is 1. The average Bonchev–Trinajstić information content (AvgIpc) is 2.50. The first-order valence-corrected chi connectivity index (χ1v) is 7.76. The van der Waals surface area contributed by atoms with Crippen LogP contribution < -0.4 is 11.1 Å². The third kappa shape index (κ3) is 4.32. The predicted octanol–water partition coefficient (Wildman–Crippen LogP) is 3.44. The third-order valence-corrected chi connectivity index (χ3v) is 3.93. The Bertz CT molecular complexity index is 759. The maximum absolute atomic E-state index is 12.0. The number of hydrogen-bond donors (Lipinski definition) is 2. The van der Waals surface area contributed by atoms with Crippen molar-refractivity contribution >= 4 is 39.2 Å². The Morgan fingerprint density at radius 3 is 2.65 bits per heavy atom. The zero-order valence-electron chi connectivity index (χ0n) is 12.9. The van der Waals surface area contributed by atoms with Crippen LogP contribution in [0.1, 0.15) is 21.5 Å². The standard InChI is InChI=1S/C17H17BrN2O3/c1-10-6-7-14(13(18)8-10)20-15(21)9-23-17(22)12-5-3-4-11(2)16(12)19/h3-8H,9,19H2,1-2H3,(H,20,21). The Morgan fingerprint density at radius 2 is 1.96 bits per heavy atom. The molecule has 23 heavy (non-hydrogen) atoms. The number of nitrogen functional groups attached to an aromatic ring is 1. The summed E-state index contributed by atoms with van der Waals surface area (Å²) in [5.74, 6) is -1.04. The van der Waals surface area contributed by atoms with Gasteiger partial charge in [0.1, 0.15) is 0 Å². The summed E-state index contributed by atoms with van der Waals surface area (Å²) in [4.78, 5) is 23.9. The molecule has 5 nitrogen and oxygen atoms in total. The molecule has 0 atom stereocenters. The lowest BCUT2D eigenvalue weighted by molar-refractivity contribution is -0.119. The Balaban J connectivity index is 1.96. The van der Waals surface area contributed by atoms with Crippen molar-refractivity contribution in [2.45, 2.75) is 13.8 Å². The number of amides is 1. The van der Waals surface area contributed by atoms with Crippen LogP contribution in [-0.4, -0.2) is 18.5 Å². The monoisotopic (exact) mass is 376 g/mol. The Kier molecular flexibility index (Phi) is 5.39. The number of benzene rings is 2. The van der Waals surface area contributed by atoms with E-state index in [1.807, 2.05) is 19.1 Å². The van der Waals surface area contributed by atoms with Gasteiger partial charge < -0.3 is 15.8 Å². The number of nitrogens with two attached hydrogens (primary N) is 1. The minimum absolute atomic E-state index is 0.259. The molecule has 120 valence electrons. The summed E-state index contributed by atoms with van der Waals surface area (Å²) in [6.07, 6.45) is 0. The summed E-state index contributed by atoms with van der Waals surface area (Å²) in [5.41, 5.74) is 8.93. The van der Waals surface area contributed by atoms with Crippen LogP contribution in [0.3, 0.4) is 0 Å². The topological polar surface area (TPSA) is 81.4 Å². The van der Waals surface area contributed by atoms with Gasteiger partial charge >= 0.3 is 5.97 Å². The van der Waals surface area contributed by atoms with E-state index in [0.717, 1.165) is 15.6 Å². The van der Waals surface area contributed by atoms with E-state index < -0.39 is 11.9 Å². The number of halogens is 1. The molecule has 0 spiro atoms. The van der Waals surface area contributed by atoms with Crippen LogP contribution in [0.15, 0.2) is 40.9 Å². The van der Waals surface area contributed by atoms with Gasteiger partial charge in [-0.05, 0) is 59.1 Å². The molecule has 0 unspecified atom stereocenters. The van der Waals surface area contributed by atoms with E-state index in [-0.39, 0.29) is 12.2 Å². The molecule has 2 aromatic carbocycles. The van der Waals surface area contributed by atoms with E-state index in [2.05, 4.69) is 21.2 Å². The van der Waals surface area contributed by atoms with Gasteiger partial charge in [-0.25, -0.2) is 4.79 Å². The molecule has 1 amide bonds. The second-order valence-corrected chi connectivity index (χ2v) is 6.00. The molecule has 2 rings (SSSR count). The minimum Gasteiger partial charge on any atom is -0.452 e. The Hall–Kier alpha value is -2.34. The minimum atomic E-state index is -0.621. The molecule has 0 aromatic heterocycles. The fraction of sp³-hybridized carbons (Fsp3) is 0.176. The van der Waals surface area contributed by atoms with Crippen LogP contribution in [0.25, 0.3) is 0 Å². The van der Waals surface area contributed by atoms with Crippen LogP contribution in [0.4, 0.5) is 11.4 Å². The van der Waals surface area contributed by atoms with Crippen LogP contribution in [0.5, 0.6) is 0 Å². The van der Waals surface area contributed by atoms with Crippen molar-refractivity contribution in [3.05, 3.63) is 57.6 Å². The van der Waals surface area contributed by atoms with Gasteiger partial charge in [-0.3, -0.25) is 4.79 Å². The number of rotatable bonds is 4. The van der Waals surface area contributed by atoms with Crippen LogP contribution in [-0.2, 0) is 9.53 Å². The SMILES string of the molecule is Cc1ccc(NC(=O)COC(=O)c2cccc(C)c2N)c(Br)c1. The predicted molar refractivity (Wildman–Crippen MR) is 93.4 cm³/mol. The van der Waals surface area contributed by atoms with Crippen molar-refractivity contribution in [3.8, 4) is 0 Å². The number of carbonyl (C=O) groups excluding carboxylic acids is 2. The normalized spacial score (nSPS) is 10.2. The summed E-state index contributed by atoms with van der Waals surface area (Å²) in [6.45, 7) is 3.37. The van der Waals surface area contributed by atoms with Crippen molar-refractivity contribution in [1.29, 1.82) is 0 Å². The molecule has 0 aliphatic heterocycles. The van der Waals surface area contributed by atoms with Gasteiger partial charge in [-0.2, -0.15) is 0 Å². The average molecular weight is 377 g/mol. The first kappa shape index (κ1) is 17.0. The van der Waals surface area contributed by atoms with Crippen molar-refractivity contribution in [1.82, 2.24) is 0 Å². The van der Waals surface area contributed by atoms with Gasteiger partial charge in [0, 0.05) is 10.2 Å². The molecule has 3 N–H and O–H groups in total. The zero-order chi connectivity index (χ0) is 17.0. The molecule has 0 heterocycles. The number of anilines is 2. The highest BCUT2D eigenvalue weighted by atomic mass is 79.9. The molecule has 0 aliphatic carbocycles. The zero-order valence-corrected chi connectivity index (χ0v) is 14.4. The summed E-state index contributed by atoms with van der Waals surface area (Å²) < 4.78 is 5.78. The lowest BCUT2D eigenvalue weighted by Gasteiger charge is -2.10. The highest BCUT2D eigenvalue weighted by Gasteiger charge is 2.14. The summed E-state index contributed by atoms with van der Waals surface area (Å²) in [6, 6.07) is 10.6. The van der Waals surface area contributed by atoms with Gasteiger partial charge in [0.15, 0.2) is 6.61 Å². The number of carbonyl (C=O) groups is 2. The molecule has 0 radical (unpaired) electrons. The van der Waals surface area contributed by atoms with E-state index in [4.69, 9.17) is 10.5 Å². The molecule has 0 bridgehead atoms. The maximum atomic E-state index is 12.0. The Morgan fingerprint density at radius 1 is 1.22 bits per heavy atom. The van der Waals surface area contributed by atoms with Crippen LogP contribution in [0.2, 0.25) is 0 Å². The van der Waals surface area contributed by atoms with Crippen molar-refractivity contribution < 1.29 is 14.3 Å². The van der Waals surface area contributed by atoms with E-state index >= 15 is 0 Å². The van der Waals surface area contributed by atoms with E-state index in [0.29, 0.717) is 11.4 Å². The van der Waals surface area contributed by atoms with Crippen molar-refractivity contribution in [3.63, 3.8) is 0 Å². The molecule has 0 aliphatic rings. The van der Waals surface area contributed by atoms with E-state index in [1.54, 1.807) is 31.2 Å². The second kappa shape index (κ2) is 7.28. The number of hydrogen-bond acceptors (Lipinski definition) is 4. The van der Waals surface area contributed by atoms with Gasteiger partial charge in [0.2, 0.25) is 0 Å². The highest BCUT2D eigenvalue weighted by Crippen LogP contribution is 2.23. The molecule has 6 heteroatoms. The quantitative estimate of drug-likeness (QED) is 0.632. The first-order valence-electron chi connectivity index (χ1n) is 6.96. The molecule has 0 saturated carbocycles. The molecule has 0 fully saturated rings. The second-order valence-electron chi connectivity index (χ2n) is 5.14. The molecular weight excluding hydrogens is 360 g/mol. The highest BCUT2D eigenvalue weighted by molar-refractivity contribution is 9.10. The number of aryl methyl sites for hydroxylation is 2. The van der Waals surface area contributed by atoms with Crippen molar-refractivity contribution in [2.24, 2.45) is 0 Å². The van der Waals surface area contributed by atoms with Gasteiger partial charge in [0.05, 0.1) is 11.3 Å². The van der Waals surface area contributed by atoms with E-state index in [9.17, 15) is 9.59 Å². The first-order chi connectivity index (χ1) is 10.9. The lowest BCUT2D eigenvalue weighted by Crippen LogP contribution is -2.21. The summed E-state index contributed by atoms with van der Waals surface area (Å²) in [7, 11) is 0. The van der Waals surface area contributed by atoms with Gasteiger partial charge in [-0.15, -0.1) is 0 Å². The van der Waals surface area contributed by atoms with Gasteiger partial charge in [-0.1, -0.05) is 18.2 Å².